The van der Waals surface area contributed by atoms with Gasteiger partial charge >= 0.3 is 0 Å². The molecule has 0 amide bonds. The number of hydrogen-bond donors (Lipinski definition) is 3. The molecule has 2 unspecified atom stereocenters. The summed E-state index contributed by atoms with van der Waals surface area (Å²) in [5.74, 6) is -0.895. The van der Waals surface area contributed by atoms with Crippen LogP contribution in [-0.4, -0.2) is 55.9 Å². The lowest BCUT2D eigenvalue weighted by molar-refractivity contribution is -0.0640. The molecule has 1 fully saturated rings. The standard InChI is InChI=1S/C20H15Cl2F3N6OS/c21-10-3-9-14(27-6-28-18(9)29-7-4-31(5-7)19(32)17(22)25)13(24)12(10)8-1-2-11(23)16-15(8)30-20(26)33-16/h1-3,6-7,17,19,32H,4-5H2,(H2,26,30)(H,27,28,29). The summed E-state index contributed by atoms with van der Waals surface area (Å²) in [6, 6.07) is 3.95. The smallest absolute Gasteiger partial charge is 0.212 e. The first kappa shape index (κ1) is 22.4. The van der Waals surface area contributed by atoms with Crippen molar-refractivity contribution in [1.29, 1.82) is 0 Å². The number of benzene rings is 2. The molecule has 7 nitrogen and oxygen atoms in total. The van der Waals surface area contributed by atoms with Gasteiger partial charge in [0.15, 0.2) is 17.2 Å². The third kappa shape index (κ3) is 3.83. The van der Waals surface area contributed by atoms with Crippen LogP contribution in [0.5, 0.6) is 0 Å². The number of nitrogen functional groups attached to an aromatic ring is 1. The zero-order chi connectivity index (χ0) is 23.4. The van der Waals surface area contributed by atoms with Gasteiger partial charge in [0.2, 0.25) is 5.63 Å². The first-order valence-electron chi connectivity index (χ1n) is 9.69. The number of rotatable bonds is 5. The van der Waals surface area contributed by atoms with Gasteiger partial charge in [-0.2, -0.15) is 0 Å². The van der Waals surface area contributed by atoms with Gasteiger partial charge in [-0.3, -0.25) is 4.90 Å². The van der Waals surface area contributed by atoms with Gasteiger partial charge in [-0.15, -0.1) is 0 Å². The monoisotopic (exact) mass is 514 g/mol. The molecule has 1 saturated heterocycles. The predicted octanol–water partition coefficient (Wildman–Crippen LogP) is 4.37. The Morgan fingerprint density at radius 1 is 1.24 bits per heavy atom. The summed E-state index contributed by atoms with van der Waals surface area (Å²) in [5.41, 5.74) is 4.38. The van der Waals surface area contributed by atoms with Crippen molar-refractivity contribution in [3.8, 4) is 11.1 Å². The number of hydrogen-bond acceptors (Lipinski definition) is 8. The fourth-order valence-corrected chi connectivity index (χ4v) is 5.07. The second kappa shape index (κ2) is 8.41. The number of fused-ring (bicyclic) bond motifs is 2. The van der Waals surface area contributed by atoms with Gasteiger partial charge in [-0.25, -0.2) is 28.1 Å². The summed E-state index contributed by atoms with van der Waals surface area (Å²) in [4.78, 5) is 13.8. The number of anilines is 2. The van der Waals surface area contributed by atoms with E-state index < -0.39 is 23.5 Å². The summed E-state index contributed by atoms with van der Waals surface area (Å²) < 4.78 is 43.1. The molecule has 172 valence electrons. The highest BCUT2D eigenvalue weighted by molar-refractivity contribution is 7.22. The van der Waals surface area contributed by atoms with Crippen LogP contribution in [0.2, 0.25) is 5.02 Å². The van der Waals surface area contributed by atoms with Gasteiger partial charge in [-0.1, -0.05) is 34.5 Å². The molecule has 0 saturated carbocycles. The molecule has 1 aliphatic heterocycles. The van der Waals surface area contributed by atoms with E-state index in [1.165, 1.54) is 29.4 Å². The Bertz CT molecular complexity index is 1380. The number of likely N-dealkylation sites (tertiary alicyclic amines) is 1. The van der Waals surface area contributed by atoms with E-state index in [1.54, 1.807) is 0 Å². The van der Waals surface area contributed by atoms with Gasteiger partial charge in [-0.05, 0) is 18.2 Å². The number of nitrogens with one attached hydrogen (secondary N) is 1. The van der Waals surface area contributed by atoms with Crippen LogP contribution in [0.4, 0.5) is 24.1 Å². The molecule has 4 N–H and O–H groups in total. The average molecular weight is 515 g/mol. The highest BCUT2D eigenvalue weighted by Crippen LogP contribution is 2.41. The van der Waals surface area contributed by atoms with Crippen molar-refractivity contribution < 1.29 is 18.3 Å². The molecule has 0 bridgehead atoms. The van der Waals surface area contributed by atoms with Crippen LogP contribution in [0.1, 0.15) is 0 Å². The maximum absolute atomic E-state index is 15.7. The SMILES string of the molecule is Nc1nc2c(-c3c(Cl)cc4c(NC5CN(C(O)C(F)Cl)C5)ncnc4c3F)ccc(F)c2s1. The molecule has 0 spiro atoms. The number of halogens is 5. The van der Waals surface area contributed by atoms with Gasteiger partial charge in [0, 0.05) is 29.6 Å². The molecule has 2 atom stereocenters. The maximum atomic E-state index is 15.7. The van der Waals surface area contributed by atoms with Crippen molar-refractivity contribution in [1.82, 2.24) is 19.9 Å². The molecule has 0 aliphatic carbocycles. The normalized spacial score (nSPS) is 16.8. The van der Waals surface area contributed by atoms with Crippen LogP contribution in [0.25, 0.3) is 32.2 Å². The quantitative estimate of drug-likeness (QED) is 0.340. The Balaban J connectivity index is 1.53. The zero-order valence-electron chi connectivity index (χ0n) is 16.6. The van der Waals surface area contributed by atoms with Crippen molar-refractivity contribution in [2.24, 2.45) is 0 Å². The Hall–Kier alpha value is -2.44. The molecule has 5 rings (SSSR count). The van der Waals surface area contributed by atoms with Crippen molar-refractivity contribution in [3.05, 3.63) is 41.2 Å². The molecule has 2 aromatic carbocycles. The summed E-state index contributed by atoms with van der Waals surface area (Å²) in [5, 5.41) is 13.3. The highest BCUT2D eigenvalue weighted by Gasteiger charge is 2.35. The Morgan fingerprint density at radius 2 is 2.00 bits per heavy atom. The van der Waals surface area contributed by atoms with Gasteiger partial charge < -0.3 is 16.2 Å². The first-order chi connectivity index (χ1) is 15.7. The third-order valence-electron chi connectivity index (χ3n) is 5.45. The lowest BCUT2D eigenvalue weighted by Crippen LogP contribution is -2.60. The van der Waals surface area contributed by atoms with Gasteiger partial charge in [0.05, 0.1) is 21.3 Å². The van der Waals surface area contributed by atoms with E-state index in [0.717, 1.165) is 11.3 Å². The number of nitrogens with two attached hydrogens (primary N) is 1. The van der Waals surface area contributed by atoms with Crippen LogP contribution >= 0.6 is 34.5 Å². The number of thiazole rings is 1. The predicted molar refractivity (Wildman–Crippen MR) is 123 cm³/mol. The molecule has 13 heteroatoms. The Kier molecular flexibility index (Phi) is 5.69. The largest absolute Gasteiger partial charge is 0.375 e. The minimum Gasteiger partial charge on any atom is -0.375 e. The molecule has 3 heterocycles. The minimum absolute atomic E-state index is 0.00775. The number of aliphatic hydroxyl groups is 1. The van der Waals surface area contributed by atoms with Gasteiger partial charge in [0.25, 0.3) is 0 Å². The zero-order valence-corrected chi connectivity index (χ0v) is 18.9. The maximum Gasteiger partial charge on any atom is 0.212 e. The third-order valence-corrected chi connectivity index (χ3v) is 6.87. The summed E-state index contributed by atoms with van der Waals surface area (Å²) >= 11 is 12.7. The van der Waals surface area contributed by atoms with Gasteiger partial charge in [0.1, 0.15) is 23.5 Å². The van der Waals surface area contributed by atoms with E-state index in [9.17, 15) is 13.9 Å². The van der Waals surface area contributed by atoms with Crippen LogP contribution < -0.4 is 11.1 Å². The molecular formula is C20H15Cl2F3N6OS. The van der Waals surface area contributed by atoms with Crippen molar-refractivity contribution >= 4 is 66.6 Å². The van der Waals surface area contributed by atoms with Crippen LogP contribution in [-0.2, 0) is 0 Å². The van der Waals surface area contributed by atoms with Crippen LogP contribution in [0, 0.1) is 11.6 Å². The summed E-state index contributed by atoms with van der Waals surface area (Å²) in [7, 11) is 0. The Morgan fingerprint density at radius 3 is 2.73 bits per heavy atom. The number of aromatic nitrogens is 3. The number of alkyl halides is 2. The summed E-state index contributed by atoms with van der Waals surface area (Å²) in [6.45, 7) is 0.625. The minimum atomic E-state index is -1.90. The van der Waals surface area contributed by atoms with Crippen molar-refractivity contribution in [3.63, 3.8) is 0 Å². The second-order valence-electron chi connectivity index (χ2n) is 7.53. The van der Waals surface area contributed by atoms with Crippen LogP contribution in [0.3, 0.4) is 0 Å². The topological polar surface area (TPSA) is 100 Å². The molecule has 33 heavy (non-hydrogen) atoms. The van der Waals surface area contributed by atoms with E-state index in [2.05, 4.69) is 20.3 Å². The number of aliphatic hydroxyl groups excluding tert-OH is 1. The molecule has 2 aromatic heterocycles. The van der Waals surface area contributed by atoms with E-state index >= 15 is 4.39 Å². The lowest BCUT2D eigenvalue weighted by atomic mass is 10.0. The van der Waals surface area contributed by atoms with E-state index in [0.29, 0.717) is 29.9 Å². The molecule has 1 aliphatic rings. The second-order valence-corrected chi connectivity index (χ2v) is 9.39. The van der Waals surface area contributed by atoms with E-state index in [1.807, 2.05) is 0 Å². The Labute approximate surface area is 199 Å². The molecular weight excluding hydrogens is 500 g/mol. The van der Waals surface area contributed by atoms with E-state index in [4.69, 9.17) is 28.9 Å². The van der Waals surface area contributed by atoms with E-state index in [-0.39, 0.29) is 37.5 Å². The molecule has 4 aromatic rings. The number of nitrogens with zero attached hydrogens (tertiary/aromatic N) is 4. The van der Waals surface area contributed by atoms with Crippen molar-refractivity contribution in [2.75, 3.05) is 24.1 Å². The van der Waals surface area contributed by atoms with Crippen LogP contribution in [0.15, 0.2) is 24.5 Å². The fraction of sp³-hybridized carbons (Fsp3) is 0.250. The average Bonchev–Trinajstić information content (AvgIpc) is 3.14. The first-order valence-corrected chi connectivity index (χ1v) is 11.3. The molecule has 0 radical (unpaired) electrons. The fourth-order valence-electron chi connectivity index (χ4n) is 3.86. The summed E-state index contributed by atoms with van der Waals surface area (Å²) in [6.07, 6.45) is -0.206. The highest BCUT2D eigenvalue weighted by atomic mass is 35.5. The van der Waals surface area contributed by atoms with Crippen molar-refractivity contribution in [2.45, 2.75) is 17.9 Å². The lowest BCUT2D eigenvalue weighted by Gasteiger charge is -2.42.